The summed E-state index contributed by atoms with van der Waals surface area (Å²) in [5, 5.41) is 8.41. The minimum atomic E-state index is 0.0809. The van der Waals surface area contributed by atoms with Gasteiger partial charge >= 0.3 is 0 Å². The van der Waals surface area contributed by atoms with E-state index in [0.29, 0.717) is 6.61 Å². The van der Waals surface area contributed by atoms with E-state index in [1.54, 1.807) is 0 Å². The number of nitrogens with zero attached hydrogens (tertiary/aromatic N) is 1. The Morgan fingerprint density at radius 1 is 1.40 bits per heavy atom. The van der Waals surface area contributed by atoms with Gasteiger partial charge in [-0.3, -0.25) is 5.41 Å². The first-order valence-electron chi connectivity index (χ1n) is 6.54. The molecule has 0 atom stereocenters. The zero-order chi connectivity index (χ0) is 14.7. The molecule has 4 nitrogen and oxygen atoms in total. The van der Waals surface area contributed by atoms with Crippen LogP contribution in [0.3, 0.4) is 0 Å². The molecule has 20 heavy (non-hydrogen) atoms. The predicted octanol–water partition coefficient (Wildman–Crippen LogP) is 3.19. The fraction of sp³-hybridized carbons (Fsp3) is 0.333. The number of benzene rings is 1. The van der Waals surface area contributed by atoms with Gasteiger partial charge in [-0.05, 0) is 37.5 Å². The summed E-state index contributed by atoms with van der Waals surface area (Å²) in [7, 11) is 0. The molecule has 0 aliphatic rings. The van der Waals surface area contributed by atoms with Crippen LogP contribution < -0.4 is 10.5 Å². The van der Waals surface area contributed by atoms with Crippen molar-refractivity contribution in [2.24, 2.45) is 5.73 Å². The Hall–Kier alpha value is -1.88. The van der Waals surface area contributed by atoms with Crippen LogP contribution in [0, 0.1) is 19.3 Å². The number of hydrogen-bond donors (Lipinski definition) is 2. The largest absolute Gasteiger partial charge is 0.486 e. The predicted molar refractivity (Wildman–Crippen MR) is 82.8 cm³/mol. The molecule has 3 N–H and O–H groups in total. The van der Waals surface area contributed by atoms with Crippen LogP contribution in [0.5, 0.6) is 5.75 Å². The first-order chi connectivity index (χ1) is 9.51. The lowest BCUT2D eigenvalue weighted by Crippen LogP contribution is -2.11. The second-order valence-corrected chi connectivity index (χ2v) is 5.79. The Balaban J connectivity index is 2.15. The first-order valence-corrected chi connectivity index (χ1v) is 7.36. The van der Waals surface area contributed by atoms with Gasteiger partial charge in [-0.2, -0.15) is 0 Å². The highest BCUT2D eigenvalue weighted by Crippen LogP contribution is 2.23. The van der Waals surface area contributed by atoms with Crippen molar-refractivity contribution < 1.29 is 4.74 Å². The van der Waals surface area contributed by atoms with E-state index < -0.39 is 0 Å². The van der Waals surface area contributed by atoms with Crippen molar-refractivity contribution >= 4 is 17.2 Å². The van der Waals surface area contributed by atoms with E-state index in [0.717, 1.165) is 33.3 Å². The molecule has 2 rings (SSSR count). The molecule has 2 aromatic rings. The maximum absolute atomic E-state index is 7.56. The Labute approximate surface area is 123 Å². The standard InChI is InChI=1S/C15H19N3OS/c1-4-11-14(15(16)17)20-13(18-11)8-19-12-7-9(2)5-6-10(12)3/h5-7H,4,8H2,1-3H3,(H3,16,17). The highest BCUT2D eigenvalue weighted by molar-refractivity contribution is 7.13. The fourth-order valence-corrected chi connectivity index (χ4v) is 2.84. The molecule has 0 bridgehead atoms. The van der Waals surface area contributed by atoms with Gasteiger partial charge in [-0.15, -0.1) is 11.3 Å². The van der Waals surface area contributed by atoms with Gasteiger partial charge in [-0.1, -0.05) is 19.1 Å². The van der Waals surface area contributed by atoms with Crippen LogP contribution in [0.2, 0.25) is 0 Å². The third kappa shape index (κ3) is 3.17. The Kier molecular flexibility index (Phi) is 4.39. The maximum Gasteiger partial charge on any atom is 0.140 e. The minimum Gasteiger partial charge on any atom is -0.486 e. The van der Waals surface area contributed by atoms with E-state index in [1.165, 1.54) is 16.9 Å². The Morgan fingerprint density at radius 2 is 2.15 bits per heavy atom. The molecular weight excluding hydrogens is 270 g/mol. The number of nitrogens with two attached hydrogens (primary N) is 1. The first kappa shape index (κ1) is 14.5. The molecule has 5 heteroatoms. The van der Waals surface area contributed by atoms with Crippen LogP contribution in [0.15, 0.2) is 18.2 Å². The number of nitrogen functional groups attached to an aromatic ring is 1. The van der Waals surface area contributed by atoms with Gasteiger partial charge in [-0.25, -0.2) is 4.98 Å². The van der Waals surface area contributed by atoms with Crippen molar-refractivity contribution in [3.8, 4) is 5.75 Å². The second-order valence-electron chi connectivity index (χ2n) is 4.71. The fourth-order valence-electron chi connectivity index (χ4n) is 1.91. The van der Waals surface area contributed by atoms with Gasteiger partial charge in [0.05, 0.1) is 10.6 Å². The van der Waals surface area contributed by atoms with E-state index in [1.807, 2.05) is 32.9 Å². The van der Waals surface area contributed by atoms with E-state index in [4.69, 9.17) is 15.9 Å². The van der Waals surface area contributed by atoms with Gasteiger partial charge in [0.25, 0.3) is 0 Å². The number of aryl methyl sites for hydroxylation is 3. The topological polar surface area (TPSA) is 72.0 Å². The van der Waals surface area contributed by atoms with E-state index in [2.05, 4.69) is 11.1 Å². The number of ether oxygens (including phenoxy) is 1. The van der Waals surface area contributed by atoms with Crippen LogP contribution in [0.25, 0.3) is 0 Å². The normalized spacial score (nSPS) is 10.6. The summed E-state index contributed by atoms with van der Waals surface area (Å²) in [6.07, 6.45) is 0.773. The molecule has 0 fully saturated rings. The van der Waals surface area contributed by atoms with Crippen molar-refractivity contribution in [1.82, 2.24) is 4.98 Å². The van der Waals surface area contributed by atoms with Crippen molar-refractivity contribution in [1.29, 1.82) is 5.41 Å². The molecule has 0 radical (unpaired) electrons. The van der Waals surface area contributed by atoms with Crippen LogP contribution in [-0.2, 0) is 13.0 Å². The van der Waals surface area contributed by atoms with E-state index >= 15 is 0 Å². The molecule has 1 aromatic heterocycles. The molecule has 0 saturated carbocycles. The van der Waals surface area contributed by atoms with Crippen molar-refractivity contribution in [2.45, 2.75) is 33.8 Å². The average Bonchev–Trinajstić information content (AvgIpc) is 2.83. The quantitative estimate of drug-likeness (QED) is 0.656. The van der Waals surface area contributed by atoms with Crippen LogP contribution in [0.1, 0.15) is 33.6 Å². The molecule has 1 heterocycles. The zero-order valence-electron chi connectivity index (χ0n) is 12.0. The highest BCUT2D eigenvalue weighted by Gasteiger charge is 2.12. The summed E-state index contributed by atoms with van der Waals surface area (Å²) in [6.45, 7) is 6.49. The zero-order valence-corrected chi connectivity index (χ0v) is 12.8. The third-order valence-corrected chi connectivity index (χ3v) is 4.12. The number of thiazole rings is 1. The smallest absolute Gasteiger partial charge is 0.140 e. The molecule has 0 saturated heterocycles. The van der Waals surface area contributed by atoms with Crippen molar-refractivity contribution in [3.63, 3.8) is 0 Å². The van der Waals surface area contributed by atoms with Crippen LogP contribution in [0.4, 0.5) is 0 Å². The number of rotatable bonds is 5. The monoisotopic (exact) mass is 289 g/mol. The lowest BCUT2D eigenvalue weighted by Gasteiger charge is -2.08. The number of nitrogens with one attached hydrogen (secondary N) is 1. The lowest BCUT2D eigenvalue weighted by atomic mass is 10.1. The minimum absolute atomic E-state index is 0.0809. The molecule has 0 aliphatic carbocycles. The summed E-state index contributed by atoms with van der Waals surface area (Å²) in [4.78, 5) is 5.25. The maximum atomic E-state index is 7.56. The molecular formula is C15H19N3OS. The Morgan fingerprint density at radius 3 is 2.75 bits per heavy atom. The van der Waals surface area contributed by atoms with Crippen LogP contribution >= 0.6 is 11.3 Å². The lowest BCUT2D eigenvalue weighted by molar-refractivity contribution is 0.303. The van der Waals surface area contributed by atoms with Crippen LogP contribution in [-0.4, -0.2) is 10.8 Å². The molecule has 0 amide bonds. The molecule has 0 spiro atoms. The second kappa shape index (κ2) is 6.05. The van der Waals surface area contributed by atoms with Crippen molar-refractivity contribution in [2.75, 3.05) is 0 Å². The third-order valence-electron chi connectivity index (χ3n) is 3.02. The van der Waals surface area contributed by atoms with Gasteiger partial charge < -0.3 is 10.5 Å². The summed E-state index contributed by atoms with van der Waals surface area (Å²) in [5.41, 5.74) is 8.72. The summed E-state index contributed by atoms with van der Waals surface area (Å²) < 4.78 is 5.83. The number of aromatic nitrogens is 1. The van der Waals surface area contributed by atoms with Gasteiger partial charge in [0.2, 0.25) is 0 Å². The van der Waals surface area contributed by atoms with Gasteiger partial charge in [0.15, 0.2) is 0 Å². The van der Waals surface area contributed by atoms with Gasteiger partial charge in [0, 0.05) is 0 Å². The highest BCUT2D eigenvalue weighted by atomic mass is 32.1. The summed E-state index contributed by atoms with van der Waals surface area (Å²) >= 11 is 1.44. The SMILES string of the molecule is CCc1nc(COc2cc(C)ccc2C)sc1C(=N)N. The summed E-state index contributed by atoms with van der Waals surface area (Å²) in [6, 6.07) is 6.13. The number of hydrogen-bond acceptors (Lipinski definition) is 4. The van der Waals surface area contributed by atoms with E-state index in [9.17, 15) is 0 Å². The molecule has 0 aliphatic heterocycles. The van der Waals surface area contributed by atoms with Crippen molar-refractivity contribution in [3.05, 3.63) is 44.9 Å². The molecule has 0 unspecified atom stereocenters. The molecule has 106 valence electrons. The van der Waals surface area contributed by atoms with Gasteiger partial charge in [0.1, 0.15) is 23.2 Å². The number of amidine groups is 1. The molecule has 1 aromatic carbocycles. The van der Waals surface area contributed by atoms with E-state index in [-0.39, 0.29) is 5.84 Å². The average molecular weight is 289 g/mol. The summed E-state index contributed by atoms with van der Waals surface area (Å²) in [5.74, 6) is 0.958. The Bertz CT molecular complexity index is 634.